The molecule has 0 saturated heterocycles. The van der Waals surface area contributed by atoms with Gasteiger partial charge in [-0.3, -0.25) is 9.78 Å². The smallest absolute Gasteiger partial charge is 0.223 e. The summed E-state index contributed by atoms with van der Waals surface area (Å²) in [6.45, 7) is 4.57. The van der Waals surface area contributed by atoms with Crippen LogP contribution in [0.15, 0.2) is 42.7 Å². The Balaban J connectivity index is 1.65. The average molecular weight is 370 g/mol. The van der Waals surface area contributed by atoms with Crippen LogP contribution in [0.3, 0.4) is 0 Å². The maximum absolute atomic E-state index is 12.7. The van der Waals surface area contributed by atoms with Crippen LogP contribution in [0.2, 0.25) is 5.02 Å². The molecule has 4 nitrogen and oxygen atoms in total. The Morgan fingerprint density at radius 3 is 2.92 bits per heavy atom. The summed E-state index contributed by atoms with van der Waals surface area (Å²) in [5, 5.41) is 4.86. The molecular formula is C21H24ClN3O. The van der Waals surface area contributed by atoms with E-state index in [1.165, 1.54) is 0 Å². The first-order chi connectivity index (χ1) is 12.6. The molecule has 5 heteroatoms. The van der Waals surface area contributed by atoms with Crippen molar-refractivity contribution in [3.63, 3.8) is 0 Å². The van der Waals surface area contributed by atoms with Gasteiger partial charge in [0, 0.05) is 36.8 Å². The predicted octanol–water partition coefficient (Wildman–Crippen LogP) is 4.80. The molecule has 3 rings (SSSR count). The van der Waals surface area contributed by atoms with Gasteiger partial charge in [0.25, 0.3) is 0 Å². The molecule has 26 heavy (non-hydrogen) atoms. The summed E-state index contributed by atoms with van der Waals surface area (Å²) in [4.78, 5) is 20.3. The molecular weight excluding hydrogens is 346 g/mol. The molecule has 0 aliphatic carbocycles. The average Bonchev–Trinajstić information content (AvgIpc) is 3.09. The fourth-order valence-electron chi connectivity index (χ4n) is 3.17. The van der Waals surface area contributed by atoms with E-state index in [-0.39, 0.29) is 11.8 Å². The van der Waals surface area contributed by atoms with E-state index >= 15 is 0 Å². The SMILES string of the molecule is CCC[C@@H](Cc1ncc(C)cc1Cl)C(=O)NCc1ccc2[nH]ccc2c1. The van der Waals surface area contributed by atoms with Crippen molar-refractivity contribution < 1.29 is 4.79 Å². The van der Waals surface area contributed by atoms with Gasteiger partial charge in [-0.25, -0.2) is 0 Å². The highest BCUT2D eigenvalue weighted by molar-refractivity contribution is 6.31. The Labute approximate surface area is 159 Å². The molecule has 3 aromatic rings. The van der Waals surface area contributed by atoms with Crippen LogP contribution in [0, 0.1) is 12.8 Å². The lowest BCUT2D eigenvalue weighted by molar-refractivity contribution is -0.125. The minimum atomic E-state index is -0.122. The molecule has 0 fully saturated rings. The summed E-state index contributed by atoms with van der Waals surface area (Å²) in [7, 11) is 0. The van der Waals surface area contributed by atoms with E-state index in [2.05, 4.69) is 28.3 Å². The van der Waals surface area contributed by atoms with E-state index in [1.807, 2.05) is 37.4 Å². The van der Waals surface area contributed by atoms with Crippen LogP contribution >= 0.6 is 11.6 Å². The second-order valence-electron chi connectivity index (χ2n) is 6.75. The molecule has 0 saturated carbocycles. The number of aromatic amines is 1. The largest absolute Gasteiger partial charge is 0.361 e. The third-order valence-corrected chi connectivity index (χ3v) is 4.91. The van der Waals surface area contributed by atoms with E-state index in [9.17, 15) is 4.79 Å². The van der Waals surface area contributed by atoms with Crippen molar-refractivity contribution in [3.8, 4) is 0 Å². The lowest BCUT2D eigenvalue weighted by Gasteiger charge is -2.17. The quantitative estimate of drug-likeness (QED) is 0.628. The number of benzene rings is 1. The molecule has 2 N–H and O–H groups in total. The maximum Gasteiger partial charge on any atom is 0.223 e. The maximum atomic E-state index is 12.7. The molecule has 0 radical (unpaired) electrons. The minimum absolute atomic E-state index is 0.0551. The monoisotopic (exact) mass is 369 g/mol. The Bertz CT molecular complexity index is 903. The first kappa shape index (κ1) is 18.5. The van der Waals surface area contributed by atoms with Gasteiger partial charge in [-0.05, 0) is 54.1 Å². The molecule has 1 aromatic carbocycles. The van der Waals surface area contributed by atoms with E-state index in [0.29, 0.717) is 18.0 Å². The summed E-state index contributed by atoms with van der Waals surface area (Å²) < 4.78 is 0. The van der Waals surface area contributed by atoms with E-state index in [0.717, 1.165) is 40.6 Å². The van der Waals surface area contributed by atoms with E-state index in [4.69, 9.17) is 11.6 Å². The first-order valence-electron chi connectivity index (χ1n) is 9.01. The molecule has 0 aliphatic rings. The fraction of sp³-hybridized carbons (Fsp3) is 0.333. The summed E-state index contributed by atoms with van der Waals surface area (Å²) in [5.74, 6) is -0.0665. The Morgan fingerprint density at radius 1 is 1.31 bits per heavy atom. The normalized spacial score (nSPS) is 12.3. The zero-order valence-electron chi connectivity index (χ0n) is 15.2. The number of fused-ring (bicyclic) bond motifs is 1. The van der Waals surface area contributed by atoms with Crippen LogP contribution < -0.4 is 5.32 Å². The van der Waals surface area contributed by atoms with Crippen LogP contribution in [0.4, 0.5) is 0 Å². The van der Waals surface area contributed by atoms with Crippen LogP contribution in [0.25, 0.3) is 10.9 Å². The number of hydrogen-bond donors (Lipinski definition) is 2. The topological polar surface area (TPSA) is 57.8 Å². The summed E-state index contributed by atoms with van der Waals surface area (Å²) in [5.41, 5.74) is 4.01. The van der Waals surface area contributed by atoms with Gasteiger partial charge < -0.3 is 10.3 Å². The van der Waals surface area contributed by atoms with Crippen molar-refractivity contribution in [1.29, 1.82) is 0 Å². The summed E-state index contributed by atoms with van der Waals surface area (Å²) in [6.07, 6.45) is 6.04. The second kappa shape index (κ2) is 8.37. The highest BCUT2D eigenvalue weighted by Gasteiger charge is 2.20. The third kappa shape index (κ3) is 4.44. The van der Waals surface area contributed by atoms with E-state index < -0.39 is 0 Å². The number of halogens is 1. The van der Waals surface area contributed by atoms with Crippen molar-refractivity contribution in [3.05, 3.63) is 64.6 Å². The Hall–Kier alpha value is -2.33. The molecule has 1 atom stereocenters. The highest BCUT2D eigenvalue weighted by Crippen LogP contribution is 2.21. The number of nitrogens with one attached hydrogen (secondary N) is 2. The van der Waals surface area contributed by atoms with Crippen molar-refractivity contribution in [2.45, 2.75) is 39.7 Å². The van der Waals surface area contributed by atoms with Gasteiger partial charge in [0.05, 0.1) is 10.7 Å². The molecule has 2 heterocycles. The number of carbonyl (C=O) groups is 1. The number of aromatic nitrogens is 2. The third-order valence-electron chi connectivity index (χ3n) is 4.59. The standard InChI is InChI=1S/C21H24ClN3O/c1-3-4-17(11-20-18(22)9-14(2)12-24-20)21(26)25-13-15-5-6-19-16(10-15)7-8-23-19/h5-10,12,17,23H,3-4,11,13H2,1-2H3,(H,25,26)/t17-/m0/s1. The number of aryl methyl sites for hydroxylation is 1. The molecule has 0 spiro atoms. The Morgan fingerprint density at radius 2 is 2.15 bits per heavy atom. The van der Waals surface area contributed by atoms with Crippen molar-refractivity contribution in [2.75, 3.05) is 0 Å². The lowest BCUT2D eigenvalue weighted by atomic mass is 9.96. The lowest BCUT2D eigenvalue weighted by Crippen LogP contribution is -2.31. The van der Waals surface area contributed by atoms with Crippen molar-refractivity contribution >= 4 is 28.4 Å². The molecule has 2 aromatic heterocycles. The summed E-state index contributed by atoms with van der Waals surface area (Å²) in [6, 6.07) is 10.1. The number of rotatable bonds is 7. The minimum Gasteiger partial charge on any atom is -0.361 e. The van der Waals surface area contributed by atoms with Crippen LogP contribution in [-0.2, 0) is 17.8 Å². The van der Waals surface area contributed by atoms with Crippen LogP contribution in [0.1, 0.15) is 36.6 Å². The van der Waals surface area contributed by atoms with E-state index in [1.54, 1.807) is 6.20 Å². The highest BCUT2D eigenvalue weighted by atomic mass is 35.5. The fourth-order valence-corrected chi connectivity index (χ4v) is 3.46. The molecule has 0 unspecified atom stereocenters. The number of amides is 1. The molecule has 0 bridgehead atoms. The number of H-pyrrole nitrogens is 1. The molecule has 136 valence electrons. The zero-order valence-corrected chi connectivity index (χ0v) is 15.9. The predicted molar refractivity (Wildman–Crippen MR) is 106 cm³/mol. The number of nitrogens with zero attached hydrogens (tertiary/aromatic N) is 1. The number of pyridine rings is 1. The van der Waals surface area contributed by atoms with Gasteiger partial charge in [0.1, 0.15) is 0 Å². The first-order valence-corrected chi connectivity index (χ1v) is 9.39. The summed E-state index contributed by atoms with van der Waals surface area (Å²) >= 11 is 6.30. The number of hydrogen-bond acceptors (Lipinski definition) is 2. The van der Waals surface area contributed by atoms with Gasteiger partial charge in [-0.2, -0.15) is 0 Å². The molecule has 1 amide bonds. The zero-order chi connectivity index (χ0) is 18.5. The van der Waals surface area contributed by atoms with Crippen molar-refractivity contribution in [1.82, 2.24) is 15.3 Å². The number of carbonyl (C=O) groups excluding carboxylic acids is 1. The van der Waals surface area contributed by atoms with Crippen LogP contribution in [0.5, 0.6) is 0 Å². The van der Waals surface area contributed by atoms with Gasteiger partial charge in [0.2, 0.25) is 5.91 Å². The Kier molecular flexibility index (Phi) is 5.94. The van der Waals surface area contributed by atoms with Gasteiger partial charge in [-0.1, -0.05) is 31.0 Å². The van der Waals surface area contributed by atoms with Crippen molar-refractivity contribution in [2.24, 2.45) is 5.92 Å². The van der Waals surface area contributed by atoms with Gasteiger partial charge in [-0.15, -0.1) is 0 Å². The molecule has 0 aliphatic heterocycles. The van der Waals surface area contributed by atoms with Gasteiger partial charge in [0.15, 0.2) is 0 Å². The van der Waals surface area contributed by atoms with Gasteiger partial charge >= 0.3 is 0 Å². The van der Waals surface area contributed by atoms with Crippen LogP contribution in [-0.4, -0.2) is 15.9 Å². The second-order valence-corrected chi connectivity index (χ2v) is 7.16.